The van der Waals surface area contributed by atoms with Gasteiger partial charge >= 0.3 is 0 Å². The molecule has 5 nitrogen and oxygen atoms in total. The summed E-state index contributed by atoms with van der Waals surface area (Å²) in [6, 6.07) is 12.7. The fourth-order valence-corrected chi connectivity index (χ4v) is 2.83. The number of anilines is 1. The summed E-state index contributed by atoms with van der Waals surface area (Å²) in [5.41, 5.74) is 0.462. The number of hydrogen-bond acceptors (Lipinski definition) is 5. The molecule has 2 aromatic rings. The van der Waals surface area contributed by atoms with E-state index >= 15 is 0 Å². The van der Waals surface area contributed by atoms with Crippen molar-refractivity contribution in [2.75, 3.05) is 12.4 Å². The van der Waals surface area contributed by atoms with Gasteiger partial charge in [-0.3, -0.25) is 0 Å². The van der Waals surface area contributed by atoms with Gasteiger partial charge in [0.2, 0.25) is 9.84 Å². The number of halogens is 1. The van der Waals surface area contributed by atoms with Crippen molar-refractivity contribution in [1.82, 2.24) is 0 Å². The smallest absolute Gasteiger partial charge is 0.218 e. The average Bonchev–Trinajstić information content (AvgIpc) is 2.57. The summed E-state index contributed by atoms with van der Waals surface area (Å²) in [6.07, 6.45) is 1.08. The van der Waals surface area contributed by atoms with Crippen molar-refractivity contribution in [2.24, 2.45) is 0 Å². The molecule has 0 aliphatic heterocycles. The third kappa shape index (κ3) is 3.87. The van der Waals surface area contributed by atoms with Crippen LogP contribution >= 0.6 is 0 Å². The number of nitrogens with one attached hydrogen (secondary N) is 1. The molecule has 0 atom stereocenters. The van der Waals surface area contributed by atoms with E-state index in [0.29, 0.717) is 11.4 Å². The largest absolute Gasteiger partial charge is 0.497 e. The van der Waals surface area contributed by atoms with Crippen LogP contribution in [0.5, 0.6) is 5.75 Å². The lowest BCUT2D eigenvalue weighted by Gasteiger charge is -2.06. The van der Waals surface area contributed by atoms with Crippen molar-refractivity contribution < 1.29 is 17.5 Å². The first-order chi connectivity index (χ1) is 11.0. The Labute approximate surface area is 133 Å². The van der Waals surface area contributed by atoms with Crippen LogP contribution < -0.4 is 10.1 Å². The molecule has 0 fully saturated rings. The lowest BCUT2D eigenvalue weighted by atomic mass is 10.3. The van der Waals surface area contributed by atoms with Crippen molar-refractivity contribution in [1.29, 1.82) is 5.26 Å². The number of ether oxygens (including phenoxy) is 1. The van der Waals surface area contributed by atoms with Crippen LogP contribution in [0.25, 0.3) is 0 Å². The Morgan fingerprint density at radius 2 is 1.78 bits per heavy atom. The fraction of sp³-hybridized carbons (Fsp3) is 0.0625. The van der Waals surface area contributed by atoms with Gasteiger partial charge in [0.05, 0.1) is 12.0 Å². The van der Waals surface area contributed by atoms with Gasteiger partial charge in [0.15, 0.2) is 4.91 Å². The molecule has 118 valence electrons. The summed E-state index contributed by atoms with van der Waals surface area (Å²) in [5.74, 6) is 0.0989. The van der Waals surface area contributed by atoms with Crippen molar-refractivity contribution in [3.8, 4) is 11.8 Å². The summed E-state index contributed by atoms with van der Waals surface area (Å²) in [5, 5.41) is 11.8. The number of nitrogens with zero attached hydrogens (tertiary/aromatic N) is 1. The summed E-state index contributed by atoms with van der Waals surface area (Å²) in [6.45, 7) is 0. The van der Waals surface area contributed by atoms with Crippen LogP contribution in [-0.4, -0.2) is 15.5 Å². The van der Waals surface area contributed by atoms with E-state index in [1.165, 1.54) is 55.6 Å². The Bertz CT molecular complexity index is 852. The lowest BCUT2D eigenvalue weighted by Crippen LogP contribution is -2.05. The maximum atomic E-state index is 12.8. The van der Waals surface area contributed by atoms with Crippen molar-refractivity contribution >= 4 is 15.5 Å². The van der Waals surface area contributed by atoms with Gasteiger partial charge < -0.3 is 10.1 Å². The van der Waals surface area contributed by atoms with Crippen LogP contribution in [0.4, 0.5) is 10.1 Å². The fourth-order valence-electron chi connectivity index (χ4n) is 1.75. The second-order valence-corrected chi connectivity index (χ2v) is 6.37. The van der Waals surface area contributed by atoms with Crippen LogP contribution in [-0.2, 0) is 9.84 Å². The van der Waals surface area contributed by atoms with E-state index in [-0.39, 0.29) is 4.90 Å². The summed E-state index contributed by atoms with van der Waals surface area (Å²) in [7, 11) is -2.48. The maximum Gasteiger partial charge on any atom is 0.218 e. The first-order valence-electron chi connectivity index (χ1n) is 6.49. The molecule has 0 aliphatic carbocycles. The number of allylic oxidation sites excluding steroid dienone is 1. The van der Waals surface area contributed by atoms with Gasteiger partial charge in [0, 0.05) is 11.9 Å². The maximum absolute atomic E-state index is 12.8. The summed E-state index contributed by atoms with van der Waals surface area (Å²) < 4.78 is 42.6. The van der Waals surface area contributed by atoms with Crippen LogP contribution in [0.1, 0.15) is 0 Å². The zero-order valence-corrected chi connectivity index (χ0v) is 13.0. The first-order valence-corrected chi connectivity index (χ1v) is 7.97. The average molecular weight is 332 g/mol. The van der Waals surface area contributed by atoms with Gasteiger partial charge in [0.25, 0.3) is 0 Å². The highest BCUT2D eigenvalue weighted by Gasteiger charge is 2.20. The molecule has 23 heavy (non-hydrogen) atoms. The van der Waals surface area contributed by atoms with Gasteiger partial charge in [0.1, 0.15) is 17.6 Å². The van der Waals surface area contributed by atoms with Crippen LogP contribution in [0.15, 0.2) is 64.5 Å². The molecule has 0 aliphatic rings. The third-order valence-electron chi connectivity index (χ3n) is 2.98. The molecule has 7 heteroatoms. The lowest BCUT2D eigenvalue weighted by molar-refractivity contribution is 0.414. The number of hydrogen-bond donors (Lipinski definition) is 1. The topological polar surface area (TPSA) is 79.2 Å². The van der Waals surface area contributed by atoms with E-state index in [1.54, 1.807) is 6.07 Å². The van der Waals surface area contributed by atoms with Crippen LogP contribution in [0.2, 0.25) is 0 Å². The zero-order chi connectivity index (χ0) is 16.9. The summed E-state index contributed by atoms with van der Waals surface area (Å²) in [4.78, 5) is -0.473. The molecule has 0 amide bonds. The minimum Gasteiger partial charge on any atom is -0.497 e. The van der Waals surface area contributed by atoms with E-state index < -0.39 is 20.6 Å². The van der Waals surface area contributed by atoms with Crippen molar-refractivity contribution in [3.05, 3.63) is 65.5 Å². The van der Waals surface area contributed by atoms with E-state index in [9.17, 15) is 12.8 Å². The number of nitriles is 1. The minimum absolute atomic E-state index is 0.0213. The molecule has 0 spiro atoms. The van der Waals surface area contributed by atoms with Gasteiger partial charge in [-0.05, 0) is 48.5 Å². The Morgan fingerprint density at radius 1 is 1.17 bits per heavy atom. The van der Waals surface area contributed by atoms with Crippen molar-refractivity contribution in [3.63, 3.8) is 0 Å². The number of sulfone groups is 1. The monoisotopic (exact) mass is 332 g/mol. The Kier molecular flexibility index (Phi) is 4.98. The normalized spacial score (nSPS) is 11.6. The second kappa shape index (κ2) is 6.94. The zero-order valence-electron chi connectivity index (χ0n) is 12.2. The third-order valence-corrected chi connectivity index (χ3v) is 4.66. The molecule has 0 saturated carbocycles. The molecule has 2 aromatic carbocycles. The van der Waals surface area contributed by atoms with E-state index in [1.807, 2.05) is 0 Å². The van der Waals surface area contributed by atoms with E-state index in [4.69, 9.17) is 10.00 Å². The van der Waals surface area contributed by atoms with Gasteiger partial charge in [-0.1, -0.05) is 0 Å². The SMILES string of the molecule is COc1ccc(S(=O)(=O)/C(C#N)=C/Nc2ccc(F)cc2)cc1. The second-order valence-electron chi connectivity index (χ2n) is 4.45. The van der Waals surface area contributed by atoms with E-state index in [2.05, 4.69) is 5.32 Å². The number of methoxy groups -OCH3 is 1. The standard InChI is InChI=1S/C16H13FN2O3S/c1-22-14-6-8-15(9-7-14)23(20,21)16(10-18)11-19-13-4-2-12(17)3-5-13/h2-9,11,19H,1H3/b16-11+. The number of benzene rings is 2. The molecular formula is C16H13FN2O3S. The molecule has 0 radical (unpaired) electrons. The molecule has 2 rings (SSSR count). The van der Waals surface area contributed by atoms with Gasteiger partial charge in [-0.15, -0.1) is 0 Å². The Balaban J connectivity index is 2.29. The molecule has 0 unspecified atom stereocenters. The predicted octanol–water partition coefficient (Wildman–Crippen LogP) is 3.09. The summed E-state index contributed by atoms with van der Waals surface area (Å²) >= 11 is 0. The van der Waals surface area contributed by atoms with Gasteiger partial charge in [-0.25, -0.2) is 12.8 Å². The van der Waals surface area contributed by atoms with Crippen LogP contribution in [0, 0.1) is 17.1 Å². The Morgan fingerprint density at radius 3 is 2.30 bits per heavy atom. The number of rotatable bonds is 5. The molecule has 0 saturated heterocycles. The van der Waals surface area contributed by atoms with Gasteiger partial charge in [-0.2, -0.15) is 5.26 Å². The first kappa shape index (κ1) is 16.5. The molecule has 0 heterocycles. The minimum atomic E-state index is -3.95. The molecule has 0 bridgehead atoms. The highest BCUT2D eigenvalue weighted by atomic mass is 32.2. The molecule has 1 N–H and O–H groups in total. The van der Waals surface area contributed by atoms with E-state index in [0.717, 1.165) is 6.20 Å². The predicted molar refractivity (Wildman–Crippen MR) is 83.9 cm³/mol. The van der Waals surface area contributed by atoms with Crippen LogP contribution in [0.3, 0.4) is 0 Å². The quantitative estimate of drug-likeness (QED) is 0.851. The Hall–Kier alpha value is -2.85. The molecular weight excluding hydrogens is 319 g/mol. The molecule has 0 aromatic heterocycles. The highest BCUT2D eigenvalue weighted by Crippen LogP contribution is 2.22. The van der Waals surface area contributed by atoms with Crippen molar-refractivity contribution in [2.45, 2.75) is 4.90 Å². The highest BCUT2D eigenvalue weighted by molar-refractivity contribution is 7.95.